The predicted molar refractivity (Wildman–Crippen MR) is 107 cm³/mol. The molecule has 26 heavy (non-hydrogen) atoms. The van der Waals surface area contributed by atoms with Crippen molar-refractivity contribution in [3.8, 4) is 5.75 Å². The fourth-order valence-electron chi connectivity index (χ4n) is 6.77. The van der Waals surface area contributed by atoms with Gasteiger partial charge >= 0.3 is 0 Å². The summed E-state index contributed by atoms with van der Waals surface area (Å²) < 4.78 is 5.95. The largest absolute Gasteiger partial charge is 0.495 e. The first kappa shape index (κ1) is 16.9. The van der Waals surface area contributed by atoms with Gasteiger partial charge in [0.2, 0.25) is 0 Å². The summed E-state index contributed by atoms with van der Waals surface area (Å²) in [4.78, 5) is 5.24. The van der Waals surface area contributed by atoms with Crippen molar-refractivity contribution in [1.82, 2.24) is 4.90 Å². The van der Waals surface area contributed by atoms with E-state index in [1.807, 2.05) is 7.11 Å². The van der Waals surface area contributed by atoms with E-state index in [4.69, 9.17) is 4.74 Å². The molecule has 142 valence electrons. The third kappa shape index (κ3) is 2.42. The molecule has 0 N–H and O–H groups in total. The van der Waals surface area contributed by atoms with Gasteiger partial charge in [-0.05, 0) is 87.7 Å². The molecule has 2 aliphatic heterocycles. The van der Waals surface area contributed by atoms with Crippen molar-refractivity contribution in [2.45, 2.75) is 69.2 Å². The summed E-state index contributed by atoms with van der Waals surface area (Å²) in [5.41, 5.74) is 5.07. The van der Waals surface area contributed by atoms with Gasteiger partial charge in [0.1, 0.15) is 5.75 Å². The monoisotopic (exact) mass is 354 g/mol. The van der Waals surface area contributed by atoms with Crippen LogP contribution in [0.25, 0.3) is 0 Å². The lowest BCUT2D eigenvalue weighted by atomic mass is 9.52. The molecule has 3 nitrogen and oxygen atoms in total. The Balaban J connectivity index is 1.62. The van der Waals surface area contributed by atoms with Gasteiger partial charge in [0, 0.05) is 24.5 Å². The van der Waals surface area contributed by atoms with Crippen LogP contribution in [0.4, 0.5) is 5.69 Å². The van der Waals surface area contributed by atoms with Gasteiger partial charge in [0.05, 0.1) is 12.8 Å². The molecule has 0 spiro atoms. The summed E-state index contributed by atoms with van der Waals surface area (Å²) >= 11 is 0. The van der Waals surface area contributed by atoms with Crippen LogP contribution < -0.4 is 9.64 Å². The molecule has 1 aromatic rings. The number of ether oxygens (including phenoxy) is 1. The number of likely N-dealkylation sites (N-methyl/N-ethyl adjacent to an activating group) is 1. The summed E-state index contributed by atoms with van der Waals surface area (Å²) in [6.07, 6.45) is 12.2. The maximum Gasteiger partial charge on any atom is 0.142 e. The minimum Gasteiger partial charge on any atom is -0.495 e. The maximum absolute atomic E-state index is 5.95. The van der Waals surface area contributed by atoms with Crippen molar-refractivity contribution in [1.29, 1.82) is 0 Å². The normalized spacial score (nSPS) is 34.2. The molecular weight excluding hydrogens is 320 g/mol. The summed E-state index contributed by atoms with van der Waals surface area (Å²) in [5, 5.41) is 0. The Kier molecular flexibility index (Phi) is 4.19. The van der Waals surface area contributed by atoms with E-state index in [1.165, 1.54) is 83.1 Å². The predicted octanol–water partition coefficient (Wildman–Crippen LogP) is 4.37. The lowest BCUT2D eigenvalue weighted by Crippen LogP contribution is -2.59. The number of likely N-dealkylation sites (tertiary alicyclic amines) is 1. The average molecular weight is 355 g/mol. The minimum absolute atomic E-state index is 0.427. The van der Waals surface area contributed by atoms with E-state index in [0.717, 1.165) is 17.7 Å². The Hall–Kier alpha value is -1.22. The van der Waals surface area contributed by atoms with Crippen molar-refractivity contribution < 1.29 is 4.74 Å². The summed E-state index contributed by atoms with van der Waals surface area (Å²) in [6.45, 7) is 3.63. The molecule has 1 unspecified atom stereocenters. The molecule has 0 amide bonds. The smallest absolute Gasteiger partial charge is 0.142 e. The summed E-state index contributed by atoms with van der Waals surface area (Å²) in [6, 6.07) is 5.75. The van der Waals surface area contributed by atoms with Gasteiger partial charge < -0.3 is 14.5 Å². The SMILES string of the molecule is COc1cc2c(cc1N1CCCCC1)C[C@H]1C3CCCC[C@@]23CCN1C. The molecule has 0 radical (unpaired) electrons. The molecule has 5 rings (SSSR count). The van der Waals surface area contributed by atoms with E-state index in [0.29, 0.717) is 5.41 Å². The van der Waals surface area contributed by atoms with E-state index < -0.39 is 0 Å². The van der Waals surface area contributed by atoms with Crippen LogP contribution in [0.15, 0.2) is 12.1 Å². The minimum atomic E-state index is 0.427. The first-order chi connectivity index (χ1) is 12.7. The van der Waals surface area contributed by atoms with Crippen molar-refractivity contribution >= 4 is 5.69 Å². The topological polar surface area (TPSA) is 15.7 Å². The van der Waals surface area contributed by atoms with Gasteiger partial charge in [0.15, 0.2) is 0 Å². The second-order valence-corrected chi connectivity index (χ2v) is 9.24. The fraction of sp³-hybridized carbons (Fsp3) is 0.739. The molecule has 3 atom stereocenters. The summed E-state index contributed by atoms with van der Waals surface area (Å²) in [7, 11) is 4.23. The third-order valence-electron chi connectivity index (χ3n) is 8.11. The van der Waals surface area contributed by atoms with Gasteiger partial charge in [-0.15, -0.1) is 0 Å². The Bertz CT molecular complexity index is 681. The van der Waals surface area contributed by atoms with Gasteiger partial charge in [-0.3, -0.25) is 0 Å². The highest BCUT2D eigenvalue weighted by molar-refractivity contribution is 5.64. The first-order valence-corrected chi connectivity index (χ1v) is 10.9. The number of anilines is 1. The lowest BCUT2D eigenvalue weighted by molar-refractivity contribution is 0.00276. The van der Waals surface area contributed by atoms with Crippen LogP contribution in [-0.2, 0) is 11.8 Å². The molecule has 2 heterocycles. The molecular formula is C23H34N2O. The van der Waals surface area contributed by atoms with Gasteiger partial charge in [-0.2, -0.15) is 0 Å². The quantitative estimate of drug-likeness (QED) is 0.784. The second kappa shape index (κ2) is 6.44. The number of nitrogens with zero attached hydrogens (tertiary/aromatic N) is 2. The van der Waals surface area contributed by atoms with Crippen molar-refractivity contribution in [2.24, 2.45) is 5.92 Å². The van der Waals surface area contributed by atoms with Crippen molar-refractivity contribution in [3.05, 3.63) is 23.3 Å². The molecule has 2 bridgehead atoms. The number of benzene rings is 1. The van der Waals surface area contributed by atoms with Crippen molar-refractivity contribution in [3.63, 3.8) is 0 Å². The number of methoxy groups -OCH3 is 1. The van der Waals surface area contributed by atoms with Crippen LogP contribution >= 0.6 is 0 Å². The Morgan fingerprint density at radius 3 is 2.65 bits per heavy atom. The van der Waals surface area contributed by atoms with Crippen LogP contribution in [-0.4, -0.2) is 44.7 Å². The molecule has 2 saturated heterocycles. The average Bonchev–Trinajstić information content (AvgIpc) is 2.70. The van der Waals surface area contributed by atoms with Crippen molar-refractivity contribution in [2.75, 3.05) is 38.7 Å². The number of piperidine rings is 2. The number of rotatable bonds is 2. The molecule has 3 fully saturated rings. The van der Waals surface area contributed by atoms with Gasteiger partial charge in [-0.1, -0.05) is 12.8 Å². The highest BCUT2D eigenvalue weighted by Crippen LogP contribution is 2.56. The number of hydrogen-bond acceptors (Lipinski definition) is 3. The number of hydrogen-bond donors (Lipinski definition) is 0. The maximum atomic E-state index is 5.95. The van der Waals surface area contributed by atoms with E-state index in [-0.39, 0.29) is 0 Å². The van der Waals surface area contributed by atoms with E-state index in [2.05, 4.69) is 29.0 Å². The highest BCUT2D eigenvalue weighted by Gasteiger charge is 2.53. The second-order valence-electron chi connectivity index (χ2n) is 9.24. The lowest BCUT2D eigenvalue weighted by Gasteiger charge is -2.58. The zero-order chi connectivity index (χ0) is 17.7. The van der Waals surface area contributed by atoms with Gasteiger partial charge in [0.25, 0.3) is 0 Å². The van der Waals surface area contributed by atoms with Crippen LogP contribution in [0, 0.1) is 5.92 Å². The Morgan fingerprint density at radius 1 is 1.00 bits per heavy atom. The zero-order valence-corrected chi connectivity index (χ0v) is 16.6. The molecule has 3 heteroatoms. The molecule has 1 aromatic carbocycles. The van der Waals surface area contributed by atoms with E-state index in [9.17, 15) is 0 Å². The molecule has 0 aromatic heterocycles. The third-order valence-corrected chi connectivity index (χ3v) is 8.11. The van der Waals surface area contributed by atoms with Crippen LogP contribution in [0.5, 0.6) is 5.75 Å². The standard InChI is InChI=1S/C23H34N2O/c1-24-13-10-23-9-5-4-8-18(23)20(24)14-17-15-21(22(26-2)16-19(17)23)25-11-6-3-7-12-25/h15-16,18,20H,3-14H2,1-2H3/t18?,20-,23-/m0/s1. The first-order valence-electron chi connectivity index (χ1n) is 10.9. The fourth-order valence-corrected chi connectivity index (χ4v) is 6.77. The van der Waals surface area contributed by atoms with Crippen LogP contribution in [0.1, 0.15) is 62.5 Å². The van der Waals surface area contributed by atoms with E-state index >= 15 is 0 Å². The highest BCUT2D eigenvalue weighted by atomic mass is 16.5. The number of fused-ring (bicyclic) bond motifs is 1. The molecule has 2 aliphatic carbocycles. The van der Waals surface area contributed by atoms with Crippen LogP contribution in [0.3, 0.4) is 0 Å². The summed E-state index contributed by atoms with van der Waals surface area (Å²) in [5.74, 6) is 1.98. The zero-order valence-electron chi connectivity index (χ0n) is 16.6. The van der Waals surface area contributed by atoms with Crippen LogP contribution in [0.2, 0.25) is 0 Å². The Labute approximate surface area is 158 Å². The Morgan fingerprint density at radius 2 is 1.85 bits per heavy atom. The molecule has 4 aliphatic rings. The van der Waals surface area contributed by atoms with Gasteiger partial charge in [-0.25, -0.2) is 0 Å². The molecule has 1 saturated carbocycles. The van der Waals surface area contributed by atoms with E-state index in [1.54, 1.807) is 11.1 Å².